The number of ether oxygens (including phenoxy) is 1. The van der Waals surface area contributed by atoms with Crippen LogP contribution in [0.5, 0.6) is 5.75 Å². The molecule has 1 unspecified atom stereocenters. The molecule has 2 atom stereocenters. The lowest BCUT2D eigenvalue weighted by atomic mass is 9.93. The minimum atomic E-state index is -4.67. The topological polar surface area (TPSA) is 35.2 Å². The van der Waals surface area contributed by atoms with Gasteiger partial charge in [-0.15, -0.1) is 25.6 Å². The zero-order valence-corrected chi connectivity index (χ0v) is 11.0. The summed E-state index contributed by atoms with van der Waals surface area (Å²) >= 11 is 0. The molecule has 1 aromatic carbocycles. The summed E-state index contributed by atoms with van der Waals surface area (Å²) in [6.07, 6.45) is -3.80. The number of benzene rings is 1. The van der Waals surface area contributed by atoms with E-state index < -0.39 is 6.36 Å². The maximum Gasteiger partial charge on any atom is 0.573 e. The minimum absolute atomic E-state index is 0. The average Bonchev–Trinajstić information content (AvgIpc) is 2.25. The van der Waals surface area contributed by atoms with Crippen LogP contribution < -0.4 is 10.5 Å². The molecule has 18 heavy (non-hydrogen) atoms. The molecular formula is C12H17ClF3NO. The van der Waals surface area contributed by atoms with Gasteiger partial charge in [-0.05, 0) is 23.6 Å². The third kappa shape index (κ3) is 5.14. The van der Waals surface area contributed by atoms with Crippen molar-refractivity contribution < 1.29 is 17.9 Å². The Morgan fingerprint density at radius 3 is 2.44 bits per heavy atom. The lowest BCUT2D eigenvalue weighted by molar-refractivity contribution is -0.274. The van der Waals surface area contributed by atoms with Gasteiger partial charge in [0.05, 0.1) is 0 Å². The molecule has 0 amide bonds. The fourth-order valence-electron chi connectivity index (χ4n) is 1.50. The Bertz CT molecular complexity index is 371. The average molecular weight is 284 g/mol. The molecule has 6 heteroatoms. The van der Waals surface area contributed by atoms with E-state index in [1.807, 2.05) is 13.8 Å². The molecular weight excluding hydrogens is 267 g/mol. The highest BCUT2D eigenvalue weighted by Crippen LogP contribution is 2.28. The summed E-state index contributed by atoms with van der Waals surface area (Å²) in [4.78, 5) is 0. The van der Waals surface area contributed by atoms with Crippen LogP contribution in [0.4, 0.5) is 13.2 Å². The summed E-state index contributed by atoms with van der Waals surface area (Å²) in [5, 5.41) is 0. The van der Waals surface area contributed by atoms with E-state index in [-0.39, 0.29) is 30.1 Å². The molecule has 1 aromatic rings. The highest BCUT2D eigenvalue weighted by Gasteiger charge is 2.31. The Kier molecular flexibility index (Phi) is 6.49. The van der Waals surface area contributed by atoms with Crippen LogP contribution in [0.1, 0.15) is 31.9 Å². The molecule has 2 nitrogen and oxygen atoms in total. The van der Waals surface area contributed by atoms with Crippen molar-refractivity contribution in [1.82, 2.24) is 0 Å². The van der Waals surface area contributed by atoms with E-state index >= 15 is 0 Å². The van der Waals surface area contributed by atoms with Crippen LogP contribution in [0.15, 0.2) is 24.3 Å². The van der Waals surface area contributed by atoms with E-state index in [1.165, 1.54) is 18.2 Å². The summed E-state index contributed by atoms with van der Waals surface area (Å²) in [7, 11) is 0. The van der Waals surface area contributed by atoms with Gasteiger partial charge in [-0.3, -0.25) is 0 Å². The number of halogens is 4. The lowest BCUT2D eigenvalue weighted by Crippen LogP contribution is -2.20. The molecule has 0 bridgehead atoms. The second-order valence-corrected chi connectivity index (χ2v) is 4.03. The number of hydrogen-bond donors (Lipinski definition) is 1. The number of alkyl halides is 3. The first kappa shape index (κ1) is 17.1. The summed E-state index contributed by atoms with van der Waals surface area (Å²) in [6.45, 7) is 3.95. The molecule has 0 aliphatic heterocycles. The maximum absolute atomic E-state index is 12.0. The van der Waals surface area contributed by atoms with Crippen molar-refractivity contribution in [3.8, 4) is 5.75 Å². The van der Waals surface area contributed by atoms with Crippen LogP contribution in [-0.2, 0) is 0 Å². The Labute approximate surface area is 111 Å². The molecule has 0 aliphatic carbocycles. The van der Waals surface area contributed by atoms with Gasteiger partial charge in [-0.1, -0.05) is 32.4 Å². The Morgan fingerprint density at radius 2 is 1.94 bits per heavy atom. The molecule has 104 valence electrons. The molecule has 1 rings (SSSR count). The van der Waals surface area contributed by atoms with Gasteiger partial charge < -0.3 is 10.5 Å². The summed E-state index contributed by atoms with van der Waals surface area (Å²) in [5.41, 5.74) is 6.60. The molecule has 0 fully saturated rings. The predicted molar refractivity (Wildman–Crippen MR) is 66.8 cm³/mol. The fraction of sp³-hybridized carbons (Fsp3) is 0.500. The van der Waals surface area contributed by atoms with Crippen LogP contribution in [0.25, 0.3) is 0 Å². The molecule has 0 saturated carbocycles. The first-order valence-corrected chi connectivity index (χ1v) is 5.44. The standard InChI is InChI=1S/C12H16F3NO.ClH/c1-3-8(2)11(16)9-5-4-6-10(7-9)17-12(13,14)15;/h4-8,11H,3,16H2,1-2H3;1H/t8?,11-;/m1./s1. The van der Waals surface area contributed by atoms with Crippen molar-refractivity contribution in [1.29, 1.82) is 0 Å². The third-order valence-electron chi connectivity index (χ3n) is 2.73. The molecule has 0 aliphatic rings. The smallest absolute Gasteiger partial charge is 0.406 e. The first-order chi connectivity index (χ1) is 7.83. The van der Waals surface area contributed by atoms with Crippen molar-refractivity contribution in [2.45, 2.75) is 32.7 Å². The van der Waals surface area contributed by atoms with Crippen LogP contribution in [-0.4, -0.2) is 6.36 Å². The minimum Gasteiger partial charge on any atom is -0.406 e. The van der Waals surface area contributed by atoms with E-state index in [9.17, 15) is 13.2 Å². The second kappa shape index (κ2) is 6.85. The summed E-state index contributed by atoms with van der Waals surface area (Å²) in [6, 6.07) is 5.54. The van der Waals surface area contributed by atoms with Crippen LogP contribution in [0, 0.1) is 5.92 Å². The van der Waals surface area contributed by atoms with Crippen LogP contribution >= 0.6 is 12.4 Å². The zero-order valence-electron chi connectivity index (χ0n) is 10.2. The molecule has 0 spiro atoms. The third-order valence-corrected chi connectivity index (χ3v) is 2.73. The van der Waals surface area contributed by atoms with Crippen LogP contribution in [0.2, 0.25) is 0 Å². The van der Waals surface area contributed by atoms with Gasteiger partial charge in [0.1, 0.15) is 5.75 Å². The van der Waals surface area contributed by atoms with Gasteiger partial charge in [-0.25, -0.2) is 0 Å². The van der Waals surface area contributed by atoms with E-state index in [0.717, 1.165) is 6.42 Å². The Hall–Kier alpha value is -0.940. The van der Waals surface area contributed by atoms with Gasteiger partial charge in [0.25, 0.3) is 0 Å². The molecule has 0 heterocycles. The molecule has 0 saturated heterocycles. The Balaban J connectivity index is 0.00000289. The van der Waals surface area contributed by atoms with Gasteiger partial charge in [0, 0.05) is 6.04 Å². The van der Waals surface area contributed by atoms with Crippen molar-refractivity contribution in [3.63, 3.8) is 0 Å². The van der Waals surface area contributed by atoms with Gasteiger partial charge in [0.15, 0.2) is 0 Å². The fourth-order valence-corrected chi connectivity index (χ4v) is 1.50. The Morgan fingerprint density at radius 1 is 1.33 bits per heavy atom. The molecule has 2 N–H and O–H groups in total. The van der Waals surface area contributed by atoms with Crippen molar-refractivity contribution in [2.75, 3.05) is 0 Å². The van der Waals surface area contributed by atoms with Crippen molar-refractivity contribution >= 4 is 12.4 Å². The molecule has 0 aromatic heterocycles. The number of hydrogen-bond acceptors (Lipinski definition) is 2. The van der Waals surface area contributed by atoms with Gasteiger partial charge >= 0.3 is 6.36 Å². The number of nitrogens with two attached hydrogens (primary N) is 1. The van der Waals surface area contributed by atoms with Gasteiger partial charge in [0.2, 0.25) is 0 Å². The molecule has 0 radical (unpaired) electrons. The summed E-state index contributed by atoms with van der Waals surface area (Å²) < 4.78 is 40.0. The quantitative estimate of drug-likeness (QED) is 0.904. The highest BCUT2D eigenvalue weighted by molar-refractivity contribution is 5.85. The monoisotopic (exact) mass is 283 g/mol. The zero-order chi connectivity index (χ0) is 13.1. The van der Waals surface area contributed by atoms with Crippen molar-refractivity contribution in [2.24, 2.45) is 11.7 Å². The van der Waals surface area contributed by atoms with Gasteiger partial charge in [-0.2, -0.15) is 0 Å². The predicted octanol–water partition coefficient (Wildman–Crippen LogP) is 4.05. The second-order valence-electron chi connectivity index (χ2n) is 4.03. The van der Waals surface area contributed by atoms with Crippen molar-refractivity contribution in [3.05, 3.63) is 29.8 Å². The highest BCUT2D eigenvalue weighted by atomic mass is 35.5. The lowest BCUT2D eigenvalue weighted by Gasteiger charge is -2.19. The van der Waals surface area contributed by atoms with E-state index in [2.05, 4.69) is 4.74 Å². The largest absolute Gasteiger partial charge is 0.573 e. The van der Waals surface area contributed by atoms with Crippen LogP contribution in [0.3, 0.4) is 0 Å². The van der Waals surface area contributed by atoms with E-state index in [0.29, 0.717) is 5.56 Å². The normalized spacial score (nSPS) is 14.6. The maximum atomic E-state index is 12.0. The summed E-state index contributed by atoms with van der Waals surface area (Å²) in [5.74, 6) is -0.0233. The SMILES string of the molecule is CCC(C)[C@@H](N)c1cccc(OC(F)(F)F)c1.Cl. The first-order valence-electron chi connectivity index (χ1n) is 5.44. The number of rotatable bonds is 4. The van der Waals surface area contributed by atoms with E-state index in [4.69, 9.17) is 5.73 Å². The van der Waals surface area contributed by atoms with E-state index in [1.54, 1.807) is 6.07 Å².